The summed E-state index contributed by atoms with van der Waals surface area (Å²) >= 11 is 6.57. The minimum atomic E-state index is -3.97. The van der Waals surface area contributed by atoms with Crippen LogP contribution in [0, 0.1) is 6.92 Å². The molecule has 2 aromatic carbocycles. The second kappa shape index (κ2) is 10.2. The Morgan fingerprint density at radius 1 is 1.08 bits per heavy atom. The summed E-state index contributed by atoms with van der Waals surface area (Å²) in [7, 11) is -3.97. The first-order chi connectivity index (χ1) is 17.3. The maximum atomic E-state index is 13.5. The highest BCUT2D eigenvalue weighted by Crippen LogP contribution is 2.36. The van der Waals surface area contributed by atoms with Crippen molar-refractivity contribution in [2.24, 2.45) is 0 Å². The number of amides is 1. The zero-order valence-electron chi connectivity index (χ0n) is 19.4. The van der Waals surface area contributed by atoms with Gasteiger partial charge in [-0.2, -0.15) is 4.98 Å². The van der Waals surface area contributed by atoms with Gasteiger partial charge in [-0.15, -0.1) is 0 Å². The Kier molecular flexibility index (Phi) is 6.98. The number of hydrogen-bond donors (Lipinski definition) is 0. The van der Waals surface area contributed by atoms with Gasteiger partial charge in [-0.1, -0.05) is 72.0 Å². The Hall–Kier alpha value is -2.99. The molecule has 186 valence electrons. The van der Waals surface area contributed by atoms with Crippen molar-refractivity contribution in [2.45, 2.75) is 23.4 Å². The highest BCUT2D eigenvalue weighted by molar-refractivity contribution is 8.26. The van der Waals surface area contributed by atoms with Gasteiger partial charge in [0, 0.05) is 19.2 Å². The summed E-state index contributed by atoms with van der Waals surface area (Å²) in [4.78, 5) is 21.2. The van der Waals surface area contributed by atoms with E-state index in [-0.39, 0.29) is 27.6 Å². The molecule has 0 N–H and O–H groups in total. The number of carbonyl (C=O) groups excluding carboxylic acids is 1. The van der Waals surface area contributed by atoms with Gasteiger partial charge in [0.2, 0.25) is 26.6 Å². The molecule has 0 saturated carbocycles. The molecule has 5 rings (SSSR count). The fourth-order valence-electron chi connectivity index (χ4n) is 3.86. The van der Waals surface area contributed by atoms with Crippen molar-refractivity contribution >= 4 is 56.0 Å². The number of oxazole rings is 1. The van der Waals surface area contributed by atoms with Gasteiger partial charge in [0.15, 0.2) is 0 Å². The van der Waals surface area contributed by atoms with Gasteiger partial charge in [-0.05, 0) is 24.6 Å². The van der Waals surface area contributed by atoms with E-state index in [4.69, 9.17) is 21.4 Å². The first-order valence-electron chi connectivity index (χ1n) is 11.3. The predicted molar refractivity (Wildman–Crippen MR) is 141 cm³/mol. The molecule has 2 aliphatic rings. The molecule has 36 heavy (non-hydrogen) atoms. The second-order valence-electron chi connectivity index (χ2n) is 8.33. The Bertz CT molecular complexity index is 1430. The molecule has 0 atom stereocenters. The molecule has 1 aromatic heterocycles. The van der Waals surface area contributed by atoms with Gasteiger partial charge in [-0.3, -0.25) is 9.69 Å². The van der Waals surface area contributed by atoms with Crippen molar-refractivity contribution in [3.63, 3.8) is 0 Å². The Morgan fingerprint density at radius 2 is 1.78 bits per heavy atom. The normalized spacial score (nSPS) is 17.9. The van der Waals surface area contributed by atoms with Crippen LogP contribution in [0.25, 0.3) is 6.08 Å². The number of aryl methyl sites for hydroxylation is 1. The average Bonchev–Trinajstić information content (AvgIpc) is 3.43. The largest absolute Gasteiger partial charge is 0.420 e. The van der Waals surface area contributed by atoms with Crippen LogP contribution in [0.3, 0.4) is 0 Å². The van der Waals surface area contributed by atoms with Crippen LogP contribution in [0.4, 0.5) is 5.88 Å². The Balaban J connectivity index is 1.50. The minimum absolute atomic E-state index is 0.0300. The fourth-order valence-corrected chi connectivity index (χ4v) is 6.41. The van der Waals surface area contributed by atoms with E-state index in [9.17, 15) is 13.2 Å². The lowest BCUT2D eigenvalue weighted by atomic mass is 10.2. The lowest BCUT2D eigenvalue weighted by Crippen LogP contribution is -2.36. The molecule has 0 bridgehead atoms. The van der Waals surface area contributed by atoms with Crippen LogP contribution in [-0.2, 0) is 25.9 Å². The van der Waals surface area contributed by atoms with Crippen molar-refractivity contribution in [3.8, 4) is 0 Å². The monoisotopic (exact) mass is 541 g/mol. The van der Waals surface area contributed by atoms with Gasteiger partial charge in [0.05, 0.1) is 29.6 Å². The van der Waals surface area contributed by atoms with Crippen molar-refractivity contribution < 1.29 is 22.4 Å². The van der Waals surface area contributed by atoms with E-state index < -0.39 is 9.84 Å². The standard InChI is InChI=1S/C25H23N3O5S3/c1-17-7-9-19(10-8-17)36(30,31)22-24(27-11-13-32-14-12-27)33-21(26-22)15-20-23(29)28(25(34)35-20)16-18-5-3-2-4-6-18/h2-10,15H,11-14,16H2,1H3/b20-15+. The summed E-state index contributed by atoms with van der Waals surface area (Å²) in [5.74, 6) is -0.102. The number of morpholine rings is 1. The average molecular weight is 542 g/mol. The molecule has 3 heterocycles. The maximum Gasteiger partial charge on any atom is 0.266 e. The number of thioether (sulfide) groups is 1. The molecule has 0 radical (unpaired) electrons. The SMILES string of the molecule is Cc1ccc(S(=O)(=O)c2nc(/C=C3/SC(=S)N(Cc4ccccc4)C3=O)oc2N2CCOCC2)cc1. The number of anilines is 1. The minimum Gasteiger partial charge on any atom is -0.420 e. The smallest absolute Gasteiger partial charge is 0.266 e. The van der Waals surface area contributed by atoms with E-state index in [1.54, 1.807) is 29.2 Å². The number of hydrogen-bond acceptors (Lipinski definition) is 9. The van der Waals surface area contributed by atoms with E-state index in [1.807, 2.05) is 37.3 Å². The number of sulfone groups is 1. The third-order valence-electron chi connectivity index (χ3n) is 5.79. The van der Waals surface area contributed by atoms with E-state index >= 15 is 0 Å². The van der Waals surface area contributed by atoms with Gasteiger partial charge < -0.3 is 14.1 Å². The molecule has 0 spiro atoms. The van der Waals surface area contributed by atoms with Gasteiger partial charge >= 0.3 is 0 Å². The number of thiocarbonyl (C=S) groups is 1. The Labute approximate surface area is 218 Å². The molecule has 3 aromatic rings. The van der Waals surface area contributed by atoms with Crippen molar-refractivity contribution in [2.75, 3.05) is 31.2 Å². The molecular formula is C25H23N3O5S3. The maximum absolute atomic E-state index is 13.5. The molecule has 2 fully saturated rings. The molecular weight excluding hydrogens is 518 g/mol. The first kappa shape index (κ1) is 24.7. The highest BCUT2D eigenvalue weighted by Gasteiger charge is 2.35. The van der Waals surface area contributed by atoms with Crippen molar-refractivity contribution in [1.29, 1.82) is 0 Å². The molecule has 2 aliphatic heterocycles. The number of carbonyl (C=O) groups is 1. The van der Waals surface area contributed by atoms with Gasteiger partial charge in [0.25, 0.3) is 5.91 Å². The summed E-state index contributed by atoms with van der Waals surface area (Å²) in [5, 5.41) is -0.181. The zero-order chi connectivity index (χ0) is 25.3. The Morgan fingerprint density at radius 3 is 2.47 bits per heavy atom. The first-order valence-corrected chi connectivity index (χ1v) is 14.0. The van der Waals surface area contributed by atoms with Gasteiger partial charge in [-0.25, -0.2) is 8.42 Å². The van der Waals surface area contributed by atoms with Crippen LogP contribution in [0.2, 0.25) is 0 Å². The summed E-state index contributed by atoms with van der Waals surface area (Å²) in [6.45, 7) is 4.04. The van der Waals surface area contributed by atoms with Crippen LogP contribution in [0.15, 0.2) is 73.8 Å². The van der Waals surface area contributed by atoms with Crippen LogP contribution in [0.1, 0.15) is 17.0 Å². The number of ether oxygens (including phenoxy) is 1. The van der Waals surface area contributed by atoms with Crippen LogP contribution >= 0.6 is 24.0 Å². The molecule has 2 saturated heterocycles. The quantitative estimate of drug-likeness (QED) is 0.338. The highest BCUT2D eigenvalue weighted by atomic mass is 32.2. The van der Waals surface area contributed by atoms with Crippen molar-refractivity contribution in [3.05, 3.63) is 76.5 Å². The van der Waals surface area contributed by atoms with Crippen LogP contribution < -0.4 is 4.90 Å². The molecule has 11 heteroatoms. The van der Waals surface area contributed by atoms with Crippen LogP contribution in [0.5, 0.6) is 0 Å². The summed E-state index contributed by atoms with van der Waals surface area (Å²) in [6, 6.07) is 16.1. The number of benzene rings is 2. The lowest BCUT2D eigenvalue weighted by molar-refractivity contribution is -0.122. The summed E-state index contributed by atoms with van der Waals surface area (Å²) < 4.78 is 38.8. The molecule has 0 unspecified atom stereocenters. The summed E-state index contributed by atoms with van der Waals surface area (Å²) in [6.07, 6.45) is 1.46. The molecule has 8 nitrogen and oxygen atoms in total. The lowest BCUT2D eigenvalue weighted by Gasteiger charge is -2.26. The number of rotatable bonds is 6. The number of aromatic nitrogens is 1. The molecule has 1 amide bonds. The van der Waals surface area contributed by atoms with Gasteiger partial charge in [0.1, 0.15) is 4.32 Å². The zero-order valence-corrected chi connectivity index (χ0v) is 21.9. The third kappa shape index (κ3) is 4.96. The third-order valence-corrected chi connectivity index (χ3v) is 8.84. The summed E-state index contributed by atoms with van der Waals surface area (Å²) in [5.41, 5.74) is 1.90. The van der Waals surface area contributed by atoms with Crippen LogP contribution in [-0.4, -0.2) is 54.8 Å². The predicted octanol–water partition coefficient (Wildman–Crippen LogP) is 4.05. The van der Waals surface area contributed by atoms with E-state index in [0.29, 0.717) is 42.1 Å². The van der Waals surface area contributed by atoms with E-state index in [0.717, 1.165) is 22.9 Å². The molecule has 0 aliphatic carbocycles. The topological polar surface area (TPSA) is 93.0 Å². The number of nitrogens with zero attached hydrogens (tertiary/aromatic N) is 3. The van der Waals surface area contributed by atoms with Crippen molar-refractivity contribution in [1.82, 2.24) is 9.88 Å². The second-order valence-corrected chi connectivity index (χ2v) is 11.9. The van der Waals surface area contributed by atoms with E-state index in [2.05, 4.69) is 4.98 Å². The fraction of sp³-hybridized carbons (Fsp3) is 0.240. The van der Waals surface area contributed by atoms with E-state index in [1.165, 1.54) is 11.0 Å².